The van der Waals surface area contributed by atoms with Gasteiger partial charge in [0.1, 0.15) is 11.6 Å². The Hall–Kier alpha value is -1.16. The molecule has 0 aliphatic carbocycles. The van der Waals surface area contributed by atoms with Crippen LogP contribution in [0.25, 0.3) is 0 Å². The van der Waals surface area contributed by atoms with Crippen molar-refractivity contribution in [2.75, 3.05) is 18.4 Å². The Balaban J connectivity index is 2.43. The third kappa shape index (κ3) is 2.16. The maximum Gasteiger partial charge on any atom is 0.133 e. The lowest BCUT2D eigenvalue weighted by molar-refractivity contribution is 0.612. The summed E-state index contributed by atoms with van der Waals surface area (Å²) < 4.78 is 0. The molecule has 2 rings (SSSR count). The van der Waals surface area contributed by atoms with Crippen LogP contribution in [-0.2, 0) is 13.0 Å². The first-order valence-corrected chi connectivity index (χ1v) is 6.06. The topological polar surface area (TPSA) is 49.8 Å². The smallest absolute Gasteiger partial charge is 0.133 e. The first-order chi connectivity index (χ1) is 7.72. The molecule has 1 aliphatic rings. The maximum atomic E-state index is 4.64. The van der Waals surface area contributed by atoms with E-state index in [0.29, 0.717) is 5.92 Å². The van der Waals surface area contributed by atoms with Gasteiger partial charge in [0.15, 0.2) is 0 Å². The molecule has 0 amide bonds. The van der Waals surface area contributed by atoms with E-state index in [2.05, 4.69) is 41.4 Å². The zero-order chi connectivity index (χ0) is 11.5. The Bertz CT molecular complexity index is 374. The number of rotatable bonds is 3. The molecule has 88 valence electrons. The second-order valence-corrected chi connectivity index (χ2v) is 4.47. The summed E-state index contributed by atoms with van der Waals surface area (Å²) in [5, 5.41) is 6.71. The van der Waals surface area contributed by atoms with Gasteiger partial charge in [-0.2, -0.15) is 0 Å². The Kier molecular flexibility index (Phi) is 3.39. The predicted octanol–water partition coefficient (Wildman–Crippen LogP) is 1.68. The average Bonchev–Trinajstić information content (AvgIpc) is 2.29. The molecule has 2 heterocycles. The van der Waals surface area contributed by atoms with Gasteiger partial charge < -0.3 is 10.6 Å². The lowest BCUT2D eigenvalue weighted by Gasteiger charge is -2.21. The number of nitrogens with zero attached hydrogens (tertiary/aromatic N) is 2. The molecule has 2 N–H and O–H groups in total. The predicted molar refractivity (Wildman–Crippen MR) is 65.7 cm³/mol. The van der Waals surface area contributed by atoms with E-state index in [-0.39, 0.29) is 0 Å². The van der Waals surface area contributed by atoms with Crippen LogP contribution in [0.5, 0.6) is 0 Å². The van der Waals surface area contributed by atoms with Gasteiger partial charge in [0.25, 0.3) is 0 Å². The van der Waals surface area contributed by atoms with E-state index in [0.717, 1.165) is 37.7 Å². The van der Waals surface area contributed by atoms with Crippen molar-refractivity contribution in [3.8, 4) is 0 Å². The highest BCUT2D eigenvalue weighted by Gasteiger charge is 2.17. The summed E-state index contributed by atoms with van der Waals surface area (Å²) >= 11 is 0. The SMILES string of the molecule is CCNc1nc(C(C)C)nc2c1CCNC2. The second kappa shape index (κ2) is 4.78. The van der Waals surface area contributed by atoms with E-state index in [1.807, 2.05) is 0 Å². The monoisotopic (exact) mass is 220 g/mol. The van der Waals surface area contributed by atoms with Crippen LogP contribution in [0.15, 0.2) is 0 Å². The van der Waals surface area contributed by atoms with Gasteiger partial charge in [-0.05, 0) is 19.9 Å². The zero-order valence-electron chi connectivity index (χ0n) is 10.3. The molecule has 0 atom stereocenters. The minimum atomic E-state index is 0.379. The summed E-state index contributed by atoms with van der Waals surface area (Å²) in [4.78, 5) is 9.27. The molecule has 0 fully saturated rings. The lowest BCUT2D eigenvalue weighted by atomic mass is 10.1. The van der Waals surface area contributed by atoms with E-state index in [4.69, 9.17) is 0 Å². The van der Waals surface area contributed by atoms with Gasteiger partial charge in [-0.3, -0.25) is 0 Å². The summed E-state index contributed by atoms with van der Waals surface area (Å²) in [7, 11) is 0. The minimum Gasteiger partial charge on any atom is -0.370 e. The third-order valence-electron chi connectivity index (χ3n) is 2.81. The molecule has 1 aromatic heterocycles. The first-order valence-electron chi connectivity index (χ1n) is 6.06. The average molecular weight is 220 g/mol. The number of fused-ring (bicyclic) bond motifs is 1. The van der Waals surface area contributed by atoms with Crippen molar-refractivity contribution in [3.63, 3.8) is 0 Å². The number of hydrogen-bond donors (Lipinski definition) is 2. The van der Waals surface area contributed by atoms with Crippen LogP contribution in [-0.4, -0.2) is 23.1 Å². The molecule has 4 nitrogen and oxygen atoms in total. The molecule has 4 heteroatoms. The van der Waals surface area contributed by atoms with Crippen LogP contribution >= 0.6 is 0 Å². The van der Waals surface area contributed by atoms with Crippen LogP contribution in [0.2, 0.25) is 0 Å². The Morgan fingerprint density at radius 1 is 1.38 bits per heavy atom. The molecule has 0 radical (unpaired) electrons. The quantitative estimate of drug-likeness (QED) is 0.813. The standard InChI is InChI=1S/C12H20N4/c1-4-14-12-9-5-6-13-7-10(9)15-11(16-12)8(2)3/h8,13H,4-7H2,1-3H3,(H,14,15,16). The molecule has 16 heavy (non-hydrogen) atoms. The van der Waals surface area contributed by atoms with Crippen LogP contribution in [0.4, 0.5) is 5.82 Å². The highest BCUT2D eigenvalue weighted by atomic mass is 15.1. The molecular weight excluding hydrogens is 200 g/mol. The highest BCUT2D eigenvalue weighted by molar-refractivity contribution is 5.48. The highest BCUT2D eigenvalue weighted by Crippen LogP contribution is 2.22. The van der Waals surface area contributed by atoms with Crippen molar-refractivity contribution in [2.24, 2.45) is 0 Å². The molecule has 0 bridgehead atoms. The van der Waals surface area contributed by atoms with Gasteiger partial charge in [-0.25, -0.2) is 9.97 Å². The summed E-state index contributed by atoms with van der Waals surface area (Å²) in [5.41, 5.74) is 2.46. The van der Waals surface area contributed by atoms with Crippen LogP contribution in [0.1, 0.15) is 43.8 Å². The fourth-order valence-electron chi connectivity index (χ4n) is 1.95. The van der Waals surface area contributed by atoms with Crippen molar-refractivity contribution in [2.45, 2.75) is 39.7 Å². The molecule has 1 aliphatic heterocycles. The van der Waals surface area contributed by atoms with Gasteiger partial charge in [-0.15, -0.1) is 0 Å². The zero-order valence-corrected chi connectivity index (χ0v) is 10.3. The van der Waals surface area contributed by atoms with E-state index in [1.165, 1.54) is 11.3 Å². The summed E-state index contributed by atoms with van der Waals surface area (Å²) in [6.07, 6.45) is 1.02. The van der Waals surface area contributed by atoms with E-state index < -0.39 is 0 Å². The van der Waals surface area contributed by atoms with E-state index >= 15 is 0 Å². The molecule has 0 saturated carbocycles. The van der Waals surface area contributed by atoms with Gasteiger partial charge in [0.05, 0.1) is 5.69 Å². The minimum absolute atomic E-state index is 0.379. The molecule has 0 unspecified atom stereocenters. The van der Waals surface area contributed by atoms with Crippen LogP contribution in [0.3, 0.4) is 0 Å². The second-order valence-electron chi connectivity index (χ2n) is 4.47. The lowest BCUT2D eigenvalue weighted by Crippen LogP contribution is -2.27. The summed E-state index contributed by atoms with van der Waals surface area (Å²) in [6.45, 7) is 9.17. The Labute approximate surface area is 96.9 Å². The van der Waals surface area contributed by atoms with Gasteiger partial charge in [-0.1, -0.05) is 13.8 Å². The van der Waals surface area contributed by atoms with Crippen molar-refractivity contribution < 1.29 is 0 Å². The molecule has 0 aromatic carbocycles. The molecule has 0 spiro atoms. The number of hydrogen-bond acceptors (Lipinski definition) is 4. The molecular formula is C12H20N4. The van der Waals surface area contributed by atoms with Gasteiger partial charge in [0, 0.05) is 24.6 Å². The van der Waals surface area contributed by atoms with Crippen LogP contribution in [0, 0.1) is 0 Å². The van der Waals surface area contributed by atoms with Crippen molar-refractivity contribution in [1.82, 2.24) is 15.3 Å². The fourth-order valence-corrected chi connectivity index (χ4v) is 1.95. The maximum absolute atomic E-state index is 4.64. The molecule has 1 aromatic rings. The van der Waals surface area contributed by atoms with E-state index in [9.17, 15) is 0 Å². The fraction of sp³-hybridized carbons (Fsp3) is 0.667. The number of nitrogens with one attached hydrogen (secondary N) is 2. The normalized spacial score (nSPS) is 15.0. The first kappa shape index (κ1) is 11.3. The Morgan fingerprint density at radius 2 is 2.19 bits per heavy atom. The van der Waals surface area contributed by atoms with Gasteiger partial charge in [0.2, 0.25) is 0 Å². The molecule has 0 saturated heterocycles. The van der Waals surface area contributed by atoms with E-state index in [1.54, 1.807) is 0 Å². The number of anilines is 1. The van der Waals surface area contributed by atoms with Crippen molar-refractivity contribution >= 4 is 5.82 Å². The third-order valence-corrected chi connectivity index (χ3v) is 2.81. The Morgan fingerprint density at radius 3 is 2.88 bits per heavy atom. The summed E-state index contributed by atoms with van der Waals surface area (Å²) in [5.74, 6) is 2.36. The van der Waals surface area contributed by atoms with Crippen LogP contribution < -0.4 is 10.6 Å². The number of aromatic nitrogens is 2. The summed E-state index contributed by atoms with van der Waals surface area (Å²) in [6, 6.07) is 0. The largest absolute Gasteiger partial charge is 0.370 e. The van der Waals surface area contributed by atoms with Crippen molar-refractivity contribution in [3.05, 3.63) is 17.1 Å². The van der Waals surface area contributed by atoms with Crippen molar-refractivity contribution in [1.29, 1.82) is 0 Å². The van der Waals surface area contributed by atoms with Gasteiger partial charge >= 0.3 is 0 Å².